The zero-order chi connectivity index (χ0) is 36.3. The van der Waals surface area contributed by atoms with Gasteiger partial charge in [0.05, 0.1) is 0 Å². The van der Waals surface area contributed by atoms with Gasteiger partial charge in [-0.2, -0.15) is 0 Å². The van der Waals surface area contributed by atoms with E-state index in [2.05, 4.69) is 164 Å². The molecule has 0 saturated heterocycles. The highest BCUT2D eigenvalue weighted by Gasteiger charge is 2.18. The summed E-state index contributed by atoms with van der Waals surface area (Å²) in [5.41, 5.74) is 7.53. The molecule has 5 heteroatoms. The van der Waals surface area contributed by atoms with Gasteiger partial charge in [0.2, 0.25) is 5.89 Å². The molecule has 0 saturated carbocycles. The number of aromatic nitrogens is 4. The number of nitrogens with zero attached hydrogens (tertiary/aromatic N) is 4. The van der Waals surface area contributed by atoms with Gasteiger partial charge in [-0.15, -0.1) is 0 Å². The summed E-state index contributed by atoms with van der Waals surface area (Å²) in [4.78, 5) is 20.3. The number of hydrogen-bond acceptors (Lipinski definition) is 5. The standard InChI is InChI=1S/C50H30N4O/c1-2-12-33(13-3-1)41-16-8-9-17-43(41)50-51-44-27-25-34-20-21-37-30-40(24-26-42(37)45(34)46(44)55-50)49-53-47(38-22-18-31-10-4-6-14-35(31)28-38)52-48(54-49)39-23-19-32-11-5-7-15-36(32)29-39/h1-30H. The third kappa shape index (κ3) is 5.41. The van der Waals surface area contributed by atoms with Crippen molar-refractivity contribution in [3.05, 3.63) is 182 Å². The number of benzene rings is 9. The molecule has 0 radical (unpaired) electrons. The summed E-state index contributed by atoms with van der Waals surface area (Å²) in [7, 11) is 0. The monoisotopic (exact) mass is 702 g/mol. The minimum Gasteiger partial charge on any atom is -0.435 e. The largest absolute Gasteiger partial charge is 0.435 e. The molecule has 11 rings (SSSR count). The van der Waals surface area contributed by atoms with Crippen molar-refractivity contribution >= 4 is 54.2 Å². The average Bonchev–Trinajstić information content (AvgIpc) is 3.70. The van der Waals surface area contributed by atoms with Crippen LogP contribution in [0.1, 0.15) is 0 Å². The van der Waals surface area contributed by atoms with E-state index in [0.29, 0.717) is 23.4 Å². The Morgan fingerprint density at radius 1 is 0.327 bits per heavy atom. The molecule has 2 heterocycles. The summed E-state index contributed by atoms with van der Waals surface area (Å²) in [6.07, 6.45) is 0. The Balaban J connectivity index is 1.07. The Labute approximate surface area is 316 Å². The quantitative estimate of drug-likeness (QED) is 0.167. The molecular formula is C50H30N4O. The van der Waals surface area contributed by atoms with Crippen molar-refractivity contribution < 1.29 is 4.42 Å². The van der Waals surface area contributed by atoms with Gasteiger partial charge in [0, 0.05) is 27.6 Å². The molecule has 0 aliphatic carbocycles. The van der Waals surface area contributed by atoms with Gasteiger partial charge in [0.1, 0.15) is 5.52 Å². The first kappa shape index (κ1) is 31.1. The Kier molecular flexibility index (Phi) is 7.10. The van der Waals surface area contributed by atoms with Crippen LogP contribution in [0.5, 0.6) is 0 Å². The minimum atomic E-state index is 0.600. The lowest BCUT2D eigenvalue weighted by molar-refractivity contribution is 0.623. The summed E-state index contributed by atoms with van der Waals surface area (Å²) < 4.78 is 6.70. The van der Waals surface area contributed by atoms with E-state index in [4.69, 9.17) is 24.4 Å². The predicted molar refractivity (Wildman–Crippen MR) is 225 cm³/mol. The number of fused-ring (bicyclic) bond motifs is 7. The lowest BCUT2D eigenvalue weighted by atomic mass is 9.99. The van der Waals surface area contributed by atoms with Crippen molar-refractivity contribution in [1.82, 2.24) is 19.9 Å². The van der Waals surface area contributed by atoms with Gasteiger partial charge in [0.25, 0.3) is 0 Å². The molecule has 0 unspecified atom stereocenters. The molecule has 0 amide bonds. The van der Waals surface area contributed by atoms with Gasteiger partial charge in [-0.25, -0.2) is 19.9 Å². The molecule has 11 aromatic rings. The van der Waals surface area contributed by atoms with Crippen LogP contribution in [-0.2, 0) is 0 Å². The van der Waals surface area contributed by atoms with Crippen molar-refractivity contribution in [1.29, 1.82) is 0 Å². The summed E-state index contributed by atoms with van der Waals surface area (Å²) in [5.74, 6) is 2.47. The lowest BCUT2D eigenvalue weighted by Crippen LogP contribution is -2.00. The molecule has 256 valence electrons. The molecule has 5 nitrogen and oxygen atoms in total. The second-order valence-electron chi connectivity index (χ2n) is 13.9. The molecule has 0 N–H and O–H groups in total. The topological polar surface area (TPSA) is 64.7 Å². The Bertz CT molecular complexity index is 3180. The van der Waals surface area contributed by atoms with Crippen molar-refractivity contribution in [2.24, 2.45) is 0 Å². The van der Waals surface area contributed by atoms with Crippen LogP contribution in [0.3, 0.4) is 0 Å². The molecule has 9 aromatic carbocycles. The summed E-state index contributed by atoms with van der Waals surface area (Å²) in [5, 5.41) is 8.86. The third-order valence-corrected chi connectivity index (χ3v) is 10.5. The van der Waals surface area contributed by atoms with E-state index in [1.165, 1.54) is 10.8 Å². The lowest BCUT2D eigenvalue weighted by Gasteiger charge is -2.11. The van der Waals surface area contributed by atoms with Crippen molar-refractivity contribution in [3.63, 3.8) is 0 Å². The molecule has 0 bridgehead atoms. The van der Waals surface area contributed by atoms with Crippen molar-refractivity contribution in [2.45, 2.75) is 0 Å². The van der Waals surface area contributed by atoms with E-state index >= 15 is 0 Å². The van der Waals surface area contributed by atoms with Crippen LogP contribution in [0.4, 0.5) is 0 Å². The van der Waals surface area contributed by atoms with Gasteiger partial charge in [-0.05, 0) is 79.2 Å². The number of hydrogen-bond donors (Lipinski definition) is 0. The van der Waals surface area contributed by atoms with Crippen LogP contribution in [0.2, 0.25) is 0 Å². The van der Waals surface area contributed by atoms with E-state index in [-0.39, 0.29) is 0 Å². The maximum atomic E-state index is 6.70. The zero-order valence-electron chi connectivity index (χ0n) is 29.5. The first-order valence-corrected chi connectivity index (χ1v) is 18.4. The van der Waals surface area contributed by atoms with Crippen LogP contribution in [0.25, 0.3) is 111 Å². The molecule has 0 aliphatic rings. The highest BCUT2D eigenvalue weighted by Crippen LogP contribution is 2.39. The molecule has 0 aliphatic heterocycles. The predicted octanol–water partition coefficient (Wildman–Crippen LogP) is 13.0. The van der Waals surface area contributed by atoms with Gasteiger partial charge >= 0.3 is 0 Å². The zero-order valence-corrected chi connectivity index (χ0v) is 29.5. The molecule has 0 spiro atoms. The SMILES string of the molecule is c1ccc(-c2ccccc2-c2nc3ccc4ccc5cc(-c6nc(-c7ccc8ccccc8c7)nc(-c7ccc8ccccc8c7)n6)ccc5c4c3o2)cc1. The van der Waals surface area contributed by atoms with Crippen LogP contribution in [0.15, 0.2) is 186 Å². The summed E-state index contributed by atoms with van der Waals surface area (Å²) in [6, 6.07) is 63.0. The van der Waals surface area contributed by atoms with Crippen molar-refractivity contribution in [3.8, 4) is 56.7 Å². The van der Waals surface area contributed by atoms with E-state index in [0.717, 1.165) is 76.8 Å². The average molecular weight is 703 g/mol. The highest BCUT2D eigenvalue weighted by atomic mass is 16.3. The van der Waals surface area contributed by atoms with Gasteiger partial charge in [-0.3, -0.25) is 0 Å². The summed E-state index contributed by atoms with van der Waals surface area (Å²) in [6.45, 7) is 0. The fourth-order valence-electron chi connectivity index (χ4n) is 7.75. The van der Waals surface area contributed by atoms with Gasteiger partial charge in [0.15, 0.2) is 23.1 Å². The maximum absolute atomic E-state index is 6.70. The van der Waals surface area contributed by atoms with Crippen LogP contribution in [-0.4, -0.2) is 19.9 Å². The van der Waals surface area contributed by atoms with Gasteiger partial charge in [-0.1, -0.05) is 152 Å². The van der Waals surface area contributed by atoms with E-state index < -0.39 is 0 Å². The normalized spacial score (nSPS) is 11.6. The minimum absolute atomic E-state index is 0.600. The first-order chi connectivity index (χ1) is 27.2. The Morgan fingerprint density at radius 3 is 1.47 bits per heavy atom. The molecule has 0 fully saturated rings. The molecular weight excluding hydrogens is 673 g/mol. The number of oxazole rings is 1. The van der Waals surface area contributed by atoms with E-state index in [9.17, 15) is 0 Å². The molecule has 0 atom stereocenters. The number of rotatable bonds is 5. The van der Waals surface area contributed by atoms with Crippen LogP contribution >= 0.6 is 0 Å². The van der Waals surface area contributed by atoms with Gasteiger partial charge < -0.3 is 4.42 Å². The smallest absolute Gasteiger partial charge is 0.227 e. The first-order valence-electron chi connectivity index (χ1n) is 18.4. The third-order valence-electron chi connectivity index (χ3n) is 10.5. The second kappa shape index (κ2) is 12.6. The Morgan fingerprint density at radius 2 is 0.818 bits per heavy atom. The maximum Gasteiger partial charge on any atom is 0.227 e. The van der Waals surface area contributed by atoms with E-state index in [1.807, 2.05) is 18.2 Å². The fourth-order valence-corrected chi connectivity index (χ4v) is 7.75. The molecule has 2 aromatic heterocycles. The summed E-state index contributed by atoms with van der Waals surface area (Å²) >= 11 is 0. The van der Waals surface area contributed by atoms with E-state index in [1.54, 1.807) is 0 Å². The van der Waals surface area contributed by atoms with Crippen molar-refractivity contribution in [2.75, 3.05) is 0 Å². The second-order valence-corrected chi connectivity index (χ2v) is 13.9. The van der Waals surface area contributed by atoms with Crippen LogP contribution < -0.4 is 0 Å². The fraction of sp³-hybridized carbons (Fsp3) is 0. The van der Waals surface area contributed by atoms with Crippen LogP contribution in [0, 0.1) is 0 Å². The highest BCUT2D eigenvalue weighted by molar-refractivity contribution is 6.18. The Hall–Kier alpha value is -7.50. The molecule has 55 heavy (non-hydrogen) atoms.